The van der Waals surface area contributed by atoms with Gasteiger partial charge in [-0.3, -0.25) is 9.89 Å². The molecule has 0 aromatic heterocycles. The molecule has 0 saturated carbocycles. The smallest absolute Gasteiger partial charge is 0.193 e. The zero-order valence-electron chi connectivity index (χ0n) is 15.9. The van der Waals surface area contributed by atoms with Gasteiger partial charge in [-0.15, -0.1) is 24.0 Å². The molecule has 1 N–H and O–H groups in total. The fourth-order valence-electron chi connectivity index (χ4n) is 3.18. The molecule has 0 aliphatic carbocycles. The molecule has 2 fully saturated rings. The number of nitrogens with one attached hydrogen (secondary N) is 1. The van der Waals surface area contributed by atoms with E-state index in [0.29, 0.717) is 11.2 Å². The zero-order chi connectivity index (χ0) is 16.9. The molecular formula is C17H35IN4OS. The van der Waals surface area contributed by atoms with Crippen molar-refractivity contribution in [2.75, 3.05) is 58.7 Å². The van der Waals surface area contributed by atoms with Crippen molar-refractivity contribution in [3.05, 3.63) is 0 Å². The Morgan fingerprint density at radius 2 is 1.96 bits per heavy atom. The lowest BCUT2D eigenvalue weighted by molar-refractivity contribution is -0.00848. The topological polar surface area (TPSA) is 40.1 Å². The first kappa shape index (κ1) is 22.3. The van der Waals surface area contributed by atoms with Crippen molar-refractivity contribution in [2.24, 2.45) is 10.9 Å². The number of rotatable bonds is 4. The van der Waals surface area contributed by atoms with Gasteiger partial charge in [0, 0.05) is 56.3 Å². The predicted molar refractivity (Wildman–Crippen MR) is 116 cm³/mol. The van der Waals surface area contributed by atoms with Gasteiger partial charge in [-0.25, -0.2) is 0 Å². The Morgan fingerprint density at radius 3 is 2.54 bits per heavy atom. The standard InChI is InChI=1S/C17H34N4OS.HI/c1-14(2)15-12-20(8-11-23-15)16(18-5)19-13-17(3,4)21-6-9-22-10-7-21;/h14-15H,6-13H2,1-5H3,(H,18,19);1H. The lowest BCUT2D eigenvalue weighted by Crippen LogP contribution is -2.57. The van der Waals surface area contributed by atoms with E-state index in [1.54, 1.807) is 0 Å². The van der Waals surface area contributed by atoms with E-state index in [1.807, 2.05) is 7.05 Å². The Balaban J connectivity index is 0.00000288. The van der Waals surface area contributed by atoms with Crippen LogP contribution in [0.1, 0.15) is 27.7 Å². The first-order valence-corrected chi connectivity index (χ1v) is 9.89. The largest absolute Gasteiger partial charge is 0.379 e. The van der Waals surface area contributed by atoms with Crippen molar-refractivity contribution in [3.63, 3.8) is 0 Å². The minimum absolute atomic E-state index is 0. The van der Waals surface area contributed by atoms with Crippen LogP contribution in [0.15, 0.2) is 4.99 Å². The molecule has 0 bridgehead atoms. The first-order valence-electron chi connectivity index (χ1n) is 8.84. The molecule has 0 aromatic carbocycles. The highest BCUT2D eigenvalue weighted by atomic mass is 127. The summed E-state index contributed by atoms with van der Waals surface area (Å²) in [5.74, 6) is 2.96. The summed E-state index contributed by atoms with van der Waals surface area (Å²) < 4.78 is 5.47. The van der Waals surface area contributed by atoms with Crippen LogP contribution in [-0.2, 0) is 4.74 Å². The van der Waals surface area contributed by atoms with E-state index in [0.717, 1.165) is 51.9 Å². The van der Waals surface area contributed by atoms with Crippen molar-refractivity contribution in [1.82, 2.24) is 15.1 Å². The van der Waals surface area contributed by atoms with E-state index >= 15 is 0 Å². The van der Waals surface area contributed by atoms with Crippen molar-refractivity contribution in [1.29, 1.82) is 0 Å². The molecule has 0 aromatic rings. The van der Waals surface area contributed by atoms with Crippen molar-refractivity contribution in [2.45, 2.75) is 38.5 Å². The second kappa shape index (κ2) is 10.4. The summed E-state index contributed by atoms with van der Waals surface area (Å²) in [4.78, 5) is 9.47. The van der Waals surface area contributed by atoms with E-state index < -0.39 is 0 Å². The second-order valence-electron chi connectivity index (χ2n) is 7.41. The minimum atomic E-state index is 0. The zero-order valence-corrected chi connectivity index (χ0v) is 19.0. The Labute approximate surface area is 169 Å². The molecule has 2 aliphatic heterocycles. The molecule has 0 spiro atoms. The number of halogens is 1. The fraction of sp³-hybridized carbons (Fsp3) is 0.941. The highest BCUT2D eigenvalue weighted by Crippen LogP contribution is 2.25. The van der Waals surface area contributed by atoms with E-state index in [2.05, 4.69) is 59.6 Å². The molecular weight excluding hydrogens is 435 g/mol. The maximum absolute atomic E-state index is 5.47. The lowest BCUT2D eigenvalue weighted by Gasteiger charge is -2.42. The van der Waals surface area contributed by atoms with Gasteiger partial charge in [0.05, 0.1) is 13.2 Å². The number of thioether (sulfide) groups is 1. The molecule has 0 amide bonds. The van der Waals surface area contributed by atoms with Crippen LogP contribution >= 0.6 is 35.7 Å². The number of hydrogen-bond acceptors (Lipinski definition) is 4. The number of aliphatic imine (C=N–C) groups is 1. The van der Waals surface area contributed by atoms with Crippen LogP contribution in [0.5, 0.6) is 0 Å². The van der Waals surface area contributed by atoms with Gasteiger partial charge in [0.2, 0.25) is 0 Å². The van der Waals surface area contributed by atoms with E-state index in [4.69, 9.17) is 4.74 Å². The quantitative estimate of drug-likeness (QED) is 0.388. The van der Waals surface area contributed by atoms with Crippen LogP contribution in [0, 0.1) is 5.92 Å². The normalized spacial score (nSPS) is 24.0. The maximum atomic E-state index is 5.47. The maximum Gasteiger partial charge on any atom is 0.193 e. The average molecular weight is 470 g/mol. The monoisotopic (exact) mass is 470 g/mol. The highest BCUT2D eigenvalue weighted by Gasteiger charge is 2.30. The van der Waals surface area contributed by atoms with Crippen LogP contribution in [-0.4, -0.2) is 85.3 Å². The van der Waals surface area contributed by atoms with Crippen LogP contribution in [0.2, 0.25) is 0 Å². The molecule has 2 rings (SSSR count). The fourth-order valence-corrected chi connectivity index (χ4v) is 4.48. The lowest BCUT2D eigenvalue weighted by atomic mass is 10.0. The Morgan fingerprint density at radius 1 is 1.29 bits per heavy atom. The molecule has 2 saturated heterocycles. The summed E-state index contributed by atoms with van der Waals surface area (Å²) in [6.07, 6.45) is 0. The molecule has 2 aliphatic rings. The molecule has 2 heterocycles. The van der Waals surface area contributed by atoms with Gasteiger partial charge in [-0.2, -0.15) is 11.8 Å². The predicted octanol–water partition coefficient (Wildman–Crippen LogP) is 2.36. The molecule has 0 radical (unpaired) electrons. The number of hydrogen-bond donors (Lipinski definition) is 1. The van der Waals surface area contributed by atoms with Gasteiger partial charge in [0.1, 0.15) is 0 Å². The van der Waals surface area contributed by atoms with Gasteiger partial charge >= 0.3 is 0 Å². The number of nitrogens with zero attached hydrogens (tertiary/aromatic N) is 3. The summed E-state index contributed by atoms with van der Waals surface area (Å²) in [5, 5.41) is 4.32. The third-order valence-corrected chi connectivity index (χ3v) is 6.43. The van der Waals surface area contributed by atoms with Crippen LogP contribution < -0.4 is 5.32 Å². The van der Waals surface area contributed by atoms with E-state index in [1.165, 1.54) is 5.75 Å². The Hall–Kier alpha value is 0.270. The van der Waals surface area contributed by atoms with Gasteiger partial charge in [-0.05, 0) is 19.8 Å². The Bertz CT molecular complexity index is 400. The Kier molecular flexibility index (Phi) is 9.69. The summed E-state index contributed by atoms with van der Waals surface area (Å²) in [7, 11) is 1.90. The summed E-state index contributed by atoms with van der Waals surface area (Å²) in [6, 6.07) is 0. The highest BCUT2D eigenvalue weighted by molar-refractivity contribution is 14.0. The SMILES string of the molecule is CN=C(NCC(C)(C)N1CCOCC1)N1CCSC(C(C)C)C1.I. The molecule has 7 heteroatoms. The summed E-state index contributed by atoms with van der Waals surface area (Å²) in [5.41, 5.74) is 0.113. The third-order valence-electron chi connectivity index (χ3n) is 4.89. The molecule has 1 unspecified atom stereocenters. The third kappa shape index (κ3) is 6.21. The molecule has 24 heavy (non-hydrogen) atoms. The van der Waals surface area contributed by atoms with Gasteiger partial charge in [0.15, 0.2) is 5.96 Å². The second-order valence-corrected chi connectivity index (χ2v) is 8.76. The number of guanidine groups is 1. The molecule has 5 nitrogen and oxygen atoms in total. The first-order chi connectivity index (χ1) is 10.9. The van der Waals surface area contributed by atoms with Crippen molar-refractivity contribution < 1.29 is 4.74 Å². The van der Waals surface area contributed by atoms with Crippen LogP contribution in [0.3, 0.4) is 0 Å². The number of ether oxygens (including phenoxy) is 1. The van der Waals surface area contributed by atoms with E-state index in [9.17, 15) is 0 Å². The molecule has 1 atom stereocenters. The van der Waals surface area contributed by atoms with Crippen LogP contribution in [0.4, 0.5) is 0 Å². The minimum Gasteiger partial charge on any atom is -0.379 e. The molecule has 142 valence electrons. The average Bonchev–Trinajstić information content (AvgIpc) is 2.56. The number of morpholine rings is 1. The van der Waals surface area contributed by atoms with Crippen LogP contribution in [0.25, 0.3) is 0 Å². The van der Waals surface area contributed by atoms with Gasteiger partial charge < -0.3 is 15.0 Å². The van der Waals surface area contributed by atoms with Gasteiger partial charge in [-0.1, -0.05) is 13.8 Å². The van der Waals surface area contributed by atoms with Gasteiger partial charge in [0.25, 0.3) is 0 Å². The summed E-state index contributed by atoms with van der Waals surface area (Å²) >= 11 is 2.10. The van der Waals surface area contributed by atoms with E-state index in [-0.39, 0.29) is 29.5 Å². The van der Waals surface area contributed by atoms with Crippen molar-refractivity contribution in [3.8, 4) is 0 Å². The summed E-state index contributed by atoms with van der Waals surface area (Å²) in [6.45, 7) is 16.1. The van der Waals surface area contributed by atoms with Crippen molar-refractivity contribution >= 4 is 41.7 Å².